The average molecular weight is 501 g/mol. The molecule has 0 amide bonds. The van der Waals surface area contributed by atoms with Gasteiger partial charge in [-0.2, -0.15) is 0 Å². The molecule has 4 nitrogen and oxygen atoms in total. The third-order valence-electron chi connectivity index (χ3n) is 5.98. The minimum Gasteiger partial charge on any atom is -0.507 e. The van der Waals surface area contributed by atoms with E-state index in [0.29, 0.717) is 20.7 Å². The Labute approximate surface area is 210 Å². The Balaban J connectivity index is 1.95. The van der Waals surface area contributed by atoms with E-state index in [9.17, 15) is 10.2 Å². The van der Waals surface area contributed by atoms with Crippen molar-refractivity contribution < 1.29 is 19.7 Å². The van der Waals surface area contributed by atoms with Gasteiger partial charge in [-0.05, 0) is 60.4 Å². The number of aromatic hydroxyl groups is 2. The molecule has 0 saturated carbocycles. The third-order valence-corrected chi connectivity index (χ3v) is 11.8. The molecule has 0 atom stereocenters. The summed E-state index contributed by atoms with van der Waals surface area (Å²) < 4.78 is 11.1. The van der Waals surface area contributed by atoms with E-state index >= 15 is 0 Å². The van der Waals surface area contributed by atoms with Gasteiger partial charge in [0, 0.05) is 16.2 Å². The van der Waals surface area contributed by atoms with E-state index < -0.39 is 7.47 Å². The molecule has 0 unspecified atom stereocenters. The van der Waals surface area contributed by atoms with Crippen LogP contribution in [0.4, 0.5) is 0 Å². The lowest BCUT2D eigenvalue weighted by Crippen LogP contribution is -2.23. The van der Waals surface area contributed by atoms with Crippen LogP contribution >= 0.6 is 7.47 Å². The highest BCUT2D eigenvalue weighted by molar-refractivity contribution is 7.97. The van der Waals surface area contributed by atoms with Crippen molar-refractivity contribution in [1.82, 2.24) is 0 Å². The number of phenolic OH excluding ortho intramolecular Hbond substituents is 2. The van der Waals surface area contributed by atoms with Gasteiger partial charge in [-0.3, -0.25) is 0 Å². The molecule has 0 bridgehead atoms. The van der Waals surface area contributed by atoms with E-state index in [2.05, 4.69) is 48.5 Å². The zero-order valence-electron chi connectivity index (χ0n) is 20.3. The molecule has 0 aliphatic carbocycles. The molecule has 4 aromatic carbocycles. The number of aryl methyl sites for hydroxylation is 2. The predicted molar refractivity (Wildman–Crippen MR) is 145 cm³/mol. The van der Waals surface area contributed by atoms with Crippen molar-refractivity contribution >= 4 is 27.3 Å². The number of phenols is 2. The zero-order chi connectivity index (χ0) is 24.9. The molecule has 0 spiro atoms. The van der Waals surface area contributed by atoms with Crippen molar-refractivity contribution in [1.29, 1.82) is 0 Å². The summed E-state index contributed by atoms with van der Waals surface area (Å²) in [4.78, 5) is 0. The highest BCUT2D eigenvalue weighted by atomic mass is 31.4. The van der Waals surface area contributed by atoms with Crippen LogP contribution in [-0.2, 0) is 0 Å². The lowest BCUT2D eigenvalue weighted by atomic mass is 10.0. The van der Waals surface area contributed by atoms with Crippen molar-refractivity contribution in [3.8, 4) is 23.0 Å². The predicted octanol–water partition coefficient (Wildman–Crippen LogP) is 5.57. The van der Waals surface area contributed by atoms with Crippen molar-refractivity contribution in [2.75, 3.05) is 14.2 Å². The number of rotatable bonds is 8. The summed E-state index contributed by atoms with van der Waals surface area (Å²) in [5, 5.41) is 24.1. The fourth-order valence-corrected chi connectivity index (χ4v) is 10.4. The van der Waals surface area contributed by atoms with Crippen molar-refractivity contribution in [2.45, 2.75) is 19.4 Å². The van der Waals surface area contributed by atoms with Gasteiger partial charge < -0.3 is 19.7 Å². The van der Waals surface area contributed by atoms with Gasteiger partial charge in [-0.25, -0.2) is 0 Å². The van der Waals surface area contributed by atoms with Crippen LogP contribution in [0.5, 0.6) is 23.0 Å². The third kappa shape index (κ3) is 5.37. The standard InChI is InChI=1S/C29H29O4PSi/c1-19-15-23(32-3)17-25(27(19)30)34(26-18-24(33-4)16-20(2)28(26)31)35-29(21-11-7-5-8-12-21)22-13-9-6-10-14-22/h5-18,29-31H,1-4H3. The zero-order valence-corrected chi connectivity index (χ0v) is 22.2. The smallest absolute Gasteiger partial charge is 0.126 e. The van der Waals surface area contributed by atoms with Gasteiger partial charge in [0.2, 0.25) is 0 Å². The molecule has 0 fully saturated rings. The van der Waals surface area contributed by atoms with Crippen LogP contribution in [0.2, 0.25) is 0 Å². The SMILES string of the molecule is COc1cc(C)c(O)c(P([Si]C(c2ccccc2)c2ccccc2)c2cc(OC)cc(C)c2O)c1. The number of ether oxygens (including phenoxy) is 2. The molecule has 2 radical (unpaired) electrons. The van der Waals surface area contributed by atoms with Gasteiger partial charge in [0.25, 0.3) is 0 Å². The highest BCUT2D eigenvalue weighted by Crippen LogP contribution is 2.46. The Kier molecular flexibility index (Phi) is 7.79. The van der Waals surface area contributed by atoms with Crippen LogP contribution in [0, 0.1) is 13.8 Å². The second-order valence-corrected chi connectivity index (χ2v) is 12.9. The van der Waals surface area contributed by atoms with Crippen LogP contribution in [0.3, 0.4) is 0 Å². The van der Waals surface area contributed by atoms with Gasteiger partial charge >= 0.3 is 0 Å². The molecule has 6 heteroatoms. The first-order valence-corrected chi connectivity index (χ1v) is 14.6. The minimum absolute atomic E-state index is 0.0836. The lowest BCUT2D eigenvalue weighted by molar-refractivity contribution is 0.412. The molecule has 178 valence electrons. The molecule has 0 heterocycles. The summed E-state index contributed by atoms with van der Waals surface area (Å²) in [6, 6.07) is 28.3. The minimum atomic E-state index is -1.19. The largest absolute Gasteiger partial charge is 0.507 e. The summed E-state index contributed by atoms with van der Waals surface area (Å²) in [6.07, 6.45) is 0. The average Bonchev–Trinajstić information content (AvgIpc) is 2.89. The van der Waals surface area contributed by atoms with Crippen LogP contribution in [0.15, 0.2) is 84.9 Å². The Hall–Kier alpha value is -3.27. The van der Waals surface area contributed by atoms with Gasteiger partial charge in [-0.1, -0.05) is 68.1 Å². The second kappa shape index (κ2) is 11.0. The van der Waals surface area contributed by atoms with Gasteiger partial charge in [0.1, 0.15) is 32.2 Å². The van der Waals surface area contributed by atoms with E-state index in [-0.39, 0.29) is 17.0 Å². The van der Waals surface area contributed by atoms with E-state index in [1.165, 1.54) is 11.1 Å². The first kappa shape index (κ1) is 24.8. The van der Waals surface area contributed by atoms with Crippen molar-refractivity contribution in [3.63, 3.8) is 0 Å². The molecule has 2 N–H and O–H groups in total. The van der Waals surface area contributed by atoms with Gasteiger partial charge in [0.05, 0.1) is 14.2 Å². The fraction of sp³-hybridized carbons (Fsp3) is 0.172. The molecule has 0 saturated heterocycles. The molecule has 4 rings (SSSR count). The fourth-order valence-electron chi connectivity index (χ4n) is 4.06. The molecule has 0 aliphatic rings. The van der Waals surface area contributed by atoms with E-state index in [4.69, 9.17) is 9.47 Å². The van der Waals surface area contributed by atoms with E-state index in [1.807, 2.05) is 50.2 Å². The summed E-state index contributed by atoms with van der Waals surface area (Å²) in [6.45, 7) is 3.75. The van der Waals surface area contributed by atoms with Crippen LogP contribution in [-0.4, -0.2) is 33.6 Å². The summed E-state index contributed by atoms with van der Waals surface area (Å²) in [7, 11) is 2.41. The maximum Gasteiger partial charge on any atom is 0.126 e. The number of methoxy groups -OCH3 is 2. The first-order valence-electron chi connectivity index (χ1n) is 11.3. The van der Waals surface area contributed by atoms with Crippen molar-refractivity contribution in [3.05, 3.63) is 107 Å². The maximum absolute atomic E-state index is 11.2. The summed E-state index contributed by atoms with van der Waals surface area (Å²) in [5.74, 6) is 1.85. The molecule has 0 aliphatic heterocycles. The topological polar surface area (TPSA) is 58.9 Å². The Morgan fingerprint density at radius 3 is 1.43 bits per heavy atom. The van der Waals surface area contributed by atoms with Crippen LogP contribution in [0.25, 0.3) is 0 Å². The Morgan fingerprint density at radius 2 is 1.06 bits per heavy atom. The monoisotopic (exact) mass is 500 g/mol. The first-order chi connectivity index (χ1) is 16.9. The summed E-state index contributed by atoms with van der Waals surface area (Å²) >= 11 is 0. The lowest BCUT2D eigenvalue weighted by Gasteiger charge is -2.27. The quantitative estimate of drug-likeness (QED) is 0.245. The van der Waals surface area contributed by atoms with Gasteiger partial charge in [-0.15, -0.1) is 0 Å². The van der Waals surface area contributed by atoms with Crippen LogP contribution in [0.1, 0.15) is 27.8 Å². The van der Waals surface area contributed by atoms with Crippen molar-refractivity contribution in [2.24, 2.45) is 0 Å². The molecule has 35 heavy (non-hydrogen) atoms. The second-order valence-electron chi connectivity index (χ2n) is 8.34. The maximum atomic E-state index is 11.2. The van der Waals surface area contributed by atoms with Crippen LogP contribution < -0.4 is 20.1 Å². The number of benzene rings is 4. The van der Waals surface area contributed by atoms with Gasteiger partial charge in [0.15, 0.2) is 0 Å². The summed E-state index contributed by atoms with van der Waals surface area (Å²) in [5.41, 5.74) is 3.96. The molecular weight excluding hydrogens is 471 g/mol. The Bertz CT molecular complexity index is 1200. The Morgan fingerprint density at radius 1 is 0.657 bits per heavy atom. The normalized spacial score (nSPS) is 11.1. The highest BCUT2D eigenvalue weighted by Gasteiger charge is 2.29. The molecule has 0 aromatic heterocycles. The number of hydrogen-bond acceptors (Lipinski definition) is 4. The number of hydrogen-bond donors (Lipinski definition) is 2. The van der Waals surface area contributed by atoms with E-state index in [0.717, 1.165) is 21.7 Å². The molecule has 4 aromatic rings. The van der Waals surface area contributed by atoms with E-state index in [1.54, 1.807) is 14.2 Å². The molecular formula is C29H29O4PSi.